The van der Waals surface area contributed by atoms with Crippen LogP contribution in [0.25, 0.3) is 11.1 Å². The molecule has 2 N–H and O–H groups in total. The van der Waals surface area contributed by atoms with E-state index in [-0.39, 0.29) is 6.61 Å². The van der Waals surface area contributed by atoms with Crippen LogP contribution in [0.15, 0.2) is 36.7 Å². The Labute approximate surface area is 98.9 Å². The minimum absolute atomic E-state index is 0.248. The van der Waals surface area contributed by atoms with Crippen molar-refractivity contribution in [3.63, 3.8) is 0 Å². The molecule has 0 radical (unpaired) electrons. The largest absolute Gasteiger partial charge is 0.396 e. The molecule has 0 aliphatic carbocycles. The average Bonchev–Trinajstić information content (AvgIpc) is 2.84. The second-order valence-electron chi connectivity index (χ2n) is 3.46. The highest BCUT2D eigenvalue weighted by Crippen LogP contribution is 2.19. The van der Waals surface area contributed by atoms with Gasteiger partial charge in [0.2, 0.25) is 0 Å². The van der Waals surface area contributed by atoms with Gasteiger partial charge in [-0.3, -0.25) is 5.10 Å². The first kappa shape index (κ1) is 11.2. The topological polar surface area (TPSA) is 48.9 Å². The van der Waals surface area contributed by atoms with Gasteiger partial charge in [0.1, 0.15) is 0 Å². The Morgan fingerprint density at radius 1 is 1.19 bits per heavy atom. The van der Waals surface area contributed by atoms with E-state index in [2.05, 4.69) is 34.5 Å². The fourth-order valence-corrected chi connectivity index (χ4v) is 2.16. The summed E-state index contributed by atoms with van der Waals surface area (Å²) in [6.45, 7) is 0.248. The maximum absolute atomic E-state index is 8.68. The zero-order chi connectivity index (χ0) is 11.2. The zero-order valence-corrected chi connectivity index (χ0v) is 9.70. The van der Waals surface area contributed by atoms with E-state index >= 15 is 0 Å². The molecular weight excluding hydrogens is 220 g/mol. The van der Waals surface area contributed by atoms with Crippen molar-refractivity contribution >= 4 is 11.8 Å². The van der Waals surface area contributed by atoms with E-state index in [0.717, 1.165) is 17.1 Å². The minimum Gasteiger partial charge on any atom is -0.396 e. The predicted octanol–water partition coefficient (Wildman–Crippen LogP) is 2.30. The molecule has 3 nitrogen and oxygen atoms in total. The highest BCUT2D eigenvalue weighted by Gasteiger charge is 1.99. The highest BCUT2D eigenvalue weighted by atomic mass is 32.2. The molecule has 1 aromatic carbocycles. The summed E-state index contributed by atoms with van der Waals surface area (Å²) in [6, 6.07) is 8.43. The van der Waals surface area contributed by atoms with Crippen molar-refractivity contribution in [3.8, 4) is 11.1 Å². The molecule has 4 heteroatoms. The SMILES string of the molecule is OCCSCc1ccc(-c2cn[nH]c2)cc1. The fourth-order valence-electron chi connectivity index (χ4n) is 1.46. The summed E-state index contributed by atoms with van der Waals surface area (Å²) in [5.74, 6) is 1.75. The summed E-state index contributed by atoms with van der Waals surface area (Å²) in [7, 11) is 0. The number of aromatic nitrogens is 2. The van der Waals surface area contributed by atoms with Crippen molar-refractivity contribution in [1.29, 1.82) is 0 Å². The monoisotopic (exact) mass is 234 g/mol. The summed E-state index contributed by atoms with van der Waals surface area (Å²) in [5.41, 5.74) is 3.56. The van der Waals surface area contributed by atoms with Gasteiger partial charge in [0.05, 0.1) is 12.8 Å². The number of nitrogens with zero attached hydrogens (tertiary/aromatic N) is 1. The van der Waals surface area contributed by atoms with Gasteiger partial charge >= 0.3 is 0 Å². The lowest BCUT2D eigenvalue weighted by Crippen LogP contribution is -1.87. The molecule has 0 spiro atoms. The molecule has 1 aromatic heterocycles. The van der Waals surface area contributed by atoms with Crippen LogP contribution in [-0.4, -0.2) is 27.7 Å². The molecule has 0 fully saturated rings. The number of aliphatic hydroxyl groups is 1. The molecular formula is C12H14N2OS. The van der Waals surface area contributed by atoms with Gasteiger partial charge in [0, 0.05) is 23.3 Å². The van der Waals surface area contributed by atoms with E-state index in [1.807, 2.05) is 12.4 Å². The van der Waals surface area contributed by atoms with Gasteiger partial charge in [0.15, 0.2) is 0 Å². The molecule has 2 rings (SSSR count). The van der Waals surface area contributed by atoms with Crippen LogP contribution in [0.5, 0.6) is 0 Å². The minimum atomic E-state index is 0.248. The number of hydrogen-bond acceptors (Lipinski definition) is 3. The van der Waals surface area contributed by atoms with E-state index in [1.165, 1.54) is 11.1 Å². The van der Waals surface area contributed by atoms with Crippen LogP contribution in [0.1, 0.15) is 5.56 Å². The summed E-state index contributed by atoms with van der Waals surface area (Å²) in [4.78, 5) is 0. The zero-order valence-electron chi connectivity index (χ0n) is 8.89. The average molecular weight is 234 g/mol. The molecule has 0 atom stereocenters. The molecule has 0 saturated heterocycles. The molecule has 0 unspecified atom stereocenters. The van der Waals surface area contributed by atoms with Crippen LogP contribution in [0.4, 0.5) is 0 Å². The number of rotatable bonds is 5. The molecule has 2 aromatic rings. The van der Waals surface area contributed by atoms with Gasteiger partial charge in [-0.2, -0.15) is 16.9 Å². The third-order valence-electron chi connectivity index (χ3n) is 2.29. The van der Waals surface area contributed by atoms with E-state index < -0.39 is 0 Å². The van der Waals surface area contributed by atoms with Crippen LogP contribution in [-0.2, 0) is 5.75 Å². The maximum Gasteiger partial charge on any atom is 0.0565 e. The lowest BCUT2D eigenvalue weighted by molar-refractivity contribution is 0.322. The lowest BCUT2D eigenvalue weighted by atomic mass is 10.1. The van der Waals surface area contributed by atoms with Crippen molar-refractivity contribution < 1.29 is 5.11 Å². The van der Waals surface area contributed by atoms with E-state index in [4.69, 9.17) is 5.11 Å². The van der Waals surface area contributed by atoms with Gasteiger partial charge in [-0.1, -0.05) is 24.3 Å². The number of benzene rings is 1. The molecule has 16 heavy (non-hydrogen) atoms. The third-order valence-corrected chi connectivity index (χ3v) is 3.30. The second-order valence-corrected chi connectivity index (χ2v) is 4.57. The van der Waals surface area contributed by atoms with Gasteiger partial charge in [0.25, 0.3) is 0 Å². The fraction of sp³-hybridized carbons (Fsp3) is 0.250. The van der Waals surface area contributed by atoms with Gasteiger partial charge in [-0.25, -0.2) is 0 Å². The predicted molar refractivity (Wildman–Crippen MR) is 67.3 cm³/mol. The summed E-state index contributed by atoms with van der Waals surface area (Å²) >= 11 is 1.74. The Morgan fingerprint density at radius 3 is 2.62 bits per heavy atom. The molecule has 84 valence electrons. The maximum atomic E-state index is 8.68. The Morgan fingerprint density at radius 2 is 2.00 bits per heavy atom. The standard InChI is InChI=1S/C12H14N2OS/c15-5-6-16-9-10-1-3-11(4-2-10)12-7-13-14-8-12/h1-4,7-8,15H,5-6,9H2,(H,13,14). The van der Waals surface area contributed by atoms with Crippen molar-refractivity contribution in [2.24, 2.45) is 0 Å². The number of H-pyrrole nitrogens is 1. The Balaban J connectivity index is 2.00. The van der Waals surface area contributed by atoms with Crippen molar-refractivity contribution in [1.82, 2.24) is 10.2 Å². The molecule has 0 bridgehead atoms. The van der Waals surface area contributed by atoms with Crippen LogP contribution < -0.4 is 0 Å². The van der Waals surface area contributed by atoms with E-state index in [0.29, 0.717) is 0 Å². The molecule has 0 aliphatic heterocycles. The van der Waals surface area contributed by atoms with Gasteiger partial charge < -0.3 is 5.11 Å². The number of nitrogens with one attached hydrogen (secondary N) is 1. The van der Waals surface area contributed by atoms with Gasteiger partial charge in [-0.05, 0) is 11.1 Å². The van der Waals surface area contributed by atoms with Crippen LogP contribution >= 0.6 is 11.8 Å². The third kappa shape index (κ3) is 2.87. The van der Waals surface area contributed by atoms with Crippen molar-refractivity contribution in [3.05, 3.63) is 42.2 Å². The lowest BCUT2D eigenvalue weighted by Gasteiger charge is -2.02. The Kier molecular flexibility index (Phi) is 4.02. The summed E-state index contributed by atoms with van der Waals surface area (Å²) < 4.78 is 0. The number of thioether (sulfide) groups is 1. The van der Waals surface area contributed by atoms with Crippen LogP contribution in [0, 0.1) is 0 Å². The molecule has 0 aliphatic rings. The first-order valence-corrected chi connectivity index (χ1v) is 6.32. The summed E-state index contributed by atoms with van der Waals surface area (Å²) in [5, 5.41) is 15.4. The van der Waals surface area contributed by atoms with Gasteiger partial charge in [-0.15, -0.1) is 0 Å². The molecule has 0 saturated carbocycles. The van der Waals surface area contributed by atoms with Crippen LogP contribution in [0.3, 0.4) is 0 Å². The first-order valence-electron chi connectivity index (χ1n) is 5.17. The number of aromatic amines is 1. The summed E-state index contributed by atoms with van der Waals surface area (Å²) in [6.07, 6.45) is 3.70. The van der Waals surface area contributed by atoms with E-state index in [1.54, 1.807) is 11.8 Å². The Hall–Kier alpha value is -1.26. The highest BCUT2D eigenvalue weighted by molar-refractivity contribution is 7.98. The van der Waals surface area contributed by atoms with Crippen molar-refractivity contribution in [2.75, 3.05) is 12.4 Å². The number of aliphatic hydroxyl groups excluding tert-OH is 1. The normalized spacial score (nSPS) is 10.6. The second kappa shape index (κ2) is 5.72. The number of hydrogen-bond donors (Lipinski definition) is 2. The van der Waals surface area contributed by atoms with E-state index in [9.17, 15) is 0 Å². The molecule has 0 amide bonds. The molecule has 1 heterocycles. The quantitative estimate of drug-likeness (QED) is 0.780. The smallest absolute Gasteiger partial charge is 0.0565 e. The Bertz CT molecular complexity index is 411. The first-order chi connectivity index (χ1) is 7.90. The van der Waals surface area contributed by atoms with Crippen molar-refractivity contribution in [2.45, 2.75) is 5.75 Å². The van der Waals surface area contributed by atoms with Crippen LogP contribution in [0.2, 0.25) is 0 Å².